The molecule has 9 heteroatoms. The normalized spacial score (nSPS) is 17.0. The number of amides is 1. The largest absolute Gasteiger partial charge is 0.334 e. The second kappa shape index (κ2) is 9.49. The molecule has 0 bridgehead atoms. The number of benzene rings is 1. The SMILES string of the molecule is CCc1ccc(C(=O)Nc2sccc2-c2nc(C3CNCCN3C)no2)cc1.Cl. The van der Waals surface area contributed by atoms with Crippen LogP contribution >= 0.6 is 23.7 Å². The summed E-state index contributed by atoms with van der Waals surface area (Å²) in [4.78, 5) is 19.4. The van der Waals surface area contributed by atoms with E-state index in [1.807, 2.05) is 35.7 Å². The van der Waals surface area contributed by atoms with Crippen LogP contribution in [0, 0.1) is 0 Å². The lowest BCUT2D eigenvalue weighted by Gasteiger charge is -2.30. The van der Waals surface area contributed by atoms with Crippen molar-refractivity contribution < 1.29 is 9.32 Å². The van der Waals surface area contributed by atoms with E-state index in [2.05, 4.69) is 39.6 Å². The number of rotatable bonds is 5. The minimum atomic E-state index is -0.151. The summed E-state index contributed by atoms with van der Waals surface area (Å²) in [7, 11) is 2.06. The van der Waals surface area contributed by atoms with E-state index in [-0.39, 0.29) is 24.4 Å². The highest BCUT2D eigenvalue weighted by molar-refractivity contribution is 7.15. The van der Waals surface area contributed by atoms with Crippen molar-refractivity contribution in [1.29, 1.82) is 0 Å². The summed E-state index contributed by atoms with van der Waals surface area (Å²) in [5.74, 6) is 0.928. The molecule has 3 aromatic rings. The van der Waals surface area contributed by atoms with Gasteiger partial charge in [-0.25, -0.2) is 0 Å². The van der Waals surface area contributed by atoms with Gasteiger partial charge in [0, 0.05) is 25.2 Å². The van der Waals surface area contributed by atoms with Gasteiger partial charge < -0.3 is 15.2 Å². The Labute approximate surface area is 179 Å². The van der Waals surface area contributed by atoms with Crippen molar-refractivity contribution in [1.82, 2.24) is 20.4 Å². The van der Waals surface area contributed by atoms with Crippen LogP contribution in [0.25, 0.3) is 11.5 Å². The molecule has 0 spiro atoms. The Morgan fingerprint density at radius 3 is 2.86 bits per heavy atom. The highest BCUT2D eigenvalue weighted by atomic mass is 35.5. The average molecular weight is 434 g/mol. The number of piperazine rings is 1. The fraction of sp³-hybridized carbons (Fsp3) is 0.350. The Kier molecular flexibility index (Phi) is 7.02. The molecule has 1 atom stereocenters. The molecule has 1 aliphatic heterocycles. The Bertz CT molecular complexity index is 956. The number of anilines is 1. The quantitative estimate of drug-likeness (QED) is 0.639. The van der Waals surface area contributed by atoms with Gasteiger partial charge in [-0.2, -0.15) is 4.98 Å². The number of nitrogens with one attached hydrogen (secondary N) is 2. The van der Waals surface area contributed by atoms with Crippen molar-refractivity contribution >= 4 is 34.7 Å². The number of aryl methyl sites for hydroxylation is 1. The molecule has 1 saturated heterocycles. The predicted molar refractivity (Wildman–Crippen MR) is 117 cm³/mol. The second-order valence-corrected chi connectivity index (χ2v) is 7.74. The van der Waals surface area contributed by atoms with E-state index in [0.29, 0.717) is 22.3 Å². The van der Waals surface area contributed by atoms with Crippen molar-refractivity contribution in [3.05, 3.63) is 52.7 Å². The summed E-state index contributed by atoms with van der Waals surface area (Å²) in [6.45, 7) is 4.77. The molecule has 0 aliphatic carbocycles. The van der Waals surface area contributed by atoms with Crippen LogP contribution < -0.4 is 10.6 Å². The number of thiophene rings is 1. The first-order valence-corrected chi connectivity index (χ1v) is 10.3. The van der Waals surface area contributed by atoms with Crippen LogP contribution in [0.1, 0.15) is 34.7 Å². The number of hydrogen-bond donors (Lipinski definition) is 2. The van der Waals surface area contributed by atoms with Crippen LogP contribution in [0.3, 0.4) is 0 Å². The van der Waals surface area contributed by atoms with Gasteiger partial charge in [-0.05, 0) is 42.6 Å². The lowest BCUT2D eigenvalue weighted by atomic mass is 10.1. The standard InChI is InChI=1S/C20H23N5O2S.ClH/c1-3-13-4-6-14(7-5-13)18(26)23-20-15(8-11-28-20)19-22-17(24-27-19)16-12-21-9-10-25(16)2;/h4-8,11,16,21H,3,9-10,12H2,1-2H3,(H,23,26);1H. The van der Waals surface area contributed by atoms with Gasteiger partial charge in [-0.1, -0.05) is 24.2 Å². The zero-order chi connectivity index (χ0) is 19.5. The van der Waals surface area contributed by atoms with Crippen LogP contribution in [-0.4, -0.2) is 47.6 Å². The molecule has 1 aliphatic rings. The maximum Gasteiger partial charge on any atom is 0.260 e. The number of hydrogen-bond acceptors (Lipinski definition) is 7. The van der Waals surface area contributed by atoms with Crippen LogP contribution in [0.5, 0.6) is 0 Å². The molecule has 2 N–H and O–H groups in total. The Morgan fingerprint density at radius 1 is 1.34 bits per heavy atom. The first kappa shape index (κ1) is 21.4. The smallest absolute Gasteiger partial charge is 0.260 e. The second-order valence-electron chi connectivity index (χ2n) is 6.83. The Hall–Kier alpha value is -2.26. The molecular weight excluding hydrogens is 410 g/mol. The van der Waals surface area contributed by atoms with Crippen molar-refractivity contribution in [2.45, 2.75) is 19.4 Å². The molecular formula is C20H24ClN5O2S. The summed E-state index contributed by atoms with van der Waals surface area (Å²) in [6, 6.07) is 9.61. The summed E-state index contributed by atoms with van der Waals surface area (Å²) in [5, 5.41) is 13.1. The van der Waals surface area contributed by atoms with Crippen molar-refractivity contribution in [2.75, 3.05) is 32.0 Å². The fourth-order valence-electron chi connectivity index (χ4n) is 3.22. The van der Waals surface area contributed by atoms with E-state index < -0.39 is 0 Å². The highest BCUT2D eigenvalue weighted by Gasteiger charge is 2.26. The Morgan fingerprint density at radius 2 is 2.14 bits per heavy atom. The number of carbonyl (C=O) groups excluding carboxylic acids is 1. The van der Waals surface area contributed by atoms with E-state index >= 15 is 0 Å². The summed E-state index contributed by atoms with van der Waals surface area (Å²) in [5.41, 5.74) is 2.57. The third-order valence-corrected chi connectivity index (χ3v) is 5.83. The molecule has 29 heavy (non-hydrogen) atoms. The van der Waals surface area contributed by atoms with Crippen LogP contribution in [-0.2, 0) is 6.42 Å². The monoisotopic (exact) mass is 433 g/mol. The third-order valence-electron chi connectivity index (χ3n) is 5.00. The maximum absolute atomic E-state index is 12.6. The third kappa shape index (κ3) is 4.67. The summed E-state index contributed by atoms with van der Waals surface area (Å²) < 4.78 is 5.51. The van der Waals surface area contributed by atoms with Crippen LogP contribution in [0.4, 0.5) is 5.00 Å². The van der Waals surface area contributed by atoms with Gasteiger partial charge in [0.15, 0.2) is 5.82 Å². The number of likely N-dealkylation sites (N-methyl/N-ethyl adjacent to an activating group) is 1. The van der Waals surface area contributed by atoms with E-state index in [0.717, 1.165) is 31.6 Å². The zero-order valence-corrected chi connectivity index (χ0v) is 18.0. The van der Waals surface area contributed by atoms with Crippen molar-refractivity contribution in [3.63, 3.8) is 0 Å². The molecule has 2 aromatic heterocycles. The molecule has 1 aromatic carbocycles. The van der Waals surface area contributed by atoms with E-state index in [9.17, 15) is 4.79 Å². The van der Waals surface area contributed by atoms with Crippen molar-refractivity contribution in [3.8, 4) is 11.5 Å². The van der Waals surface area contributed by atoms with E-state index in [4.69, 9.17) is 4.52 Å². The van der Waals surface area contributed by atoms with Gasteiger partial charge in [0.05, 0.1) is 11.6 Å². The van der Waals surface area contributed by atoms with Crippen LogP contribution in [0.15, 0.2) is 40.2 Å². The lowest BCUT2D eigenvalue weighted by Crippen LogP contribution is -2.44. The number of aromatic nitrogens is 2. The minimum absolute atomic E-state index is 0. The molecule has 1 unspecified atom stereocenters. The van der Waals surface area contributed by atoms with Gasteiger partial charge >= 0.3 is 0 Å². The van der Waals surface area contributed by atoms with E-state index in [1.54, 1.807) is 0 Å². The molecule has 1 fully saturated rings. The average Bonchev–Trinajstić information content (AvgIpc) is 3.37. The summed E-state index contributed by atoms with van der Waals surface area (Å²) >= 11 is 1.44. The number of halogens is 1. The topological polar surface area (TPSA) is 83.3 Å². The lowest BCUT2D eigenvalue weighted by molar-refractivity contribution is 0.102. The molecule has 1 amide bonds. The molecule has 7 nitrogen and oxygen atoms in total. The van der Waals surface area contributed by atoms with Crippen molar-refractivity contribution in [2.24, 2.45) is 0 Å². The first-order valence-electron chi connectivity index (χ1n) is 9.38. The zero-order valence-electron chi connectivity index (χ0n) is 16.3. The summed E-state index contributed by atoms with van der Waals surface area (Å²) in [6.07, 6.45) is 0.947. The van der Waals surface area contributed by atoms with Gasteiger partial charge in [0.25, 0.3) is 11.8 Å². The number of carbonyl (C=O) groups is 1. The van der Waals surface area contributed by atoms with E-state index in [1.165, 1.54) is 16.9 Å². The van der Waals surface area contributed by atoms with Gasteiger partial charge in [-0.15, -0.1) is 23.7 Å². The molecule has 3 heterocycles. The molecule has 0 radical (unpaired) electrons. The Balaban J connectivity index is 0.00000240. The highest BCUT2D eigenvalue weighted by Crippen LogP contribution is 2.33. The van der Waals surface area contributed by atoms with Crippen LogP contribution in [0.2, 0.25) is 0 Å². The predicted octanol–water partition coefficient (Wildman–Crippen LogP) is 3.61. The van der Waals surface area contributed by atoms with Gasteiger partial charge in [0.1, 0.15) is 5.00 Å². The molecule has 0 saturated carbocycles. The fourth-order valence-corrected chi connectivity index (χ4v) is 3.99. The van der Waals surface area contributed by atoms with Gasteiger partial charge in [0.2, 0.25) is 0 Å². The van der Waals surface area contributed by atoms with Gasteiger partial charge in [-0.3, -0.25) is 9.69 Å². The minimum Gasteiger partial charge on any atom is -0.334 e. The molecule has 154 valence electrons. The number of nitrogens with zero attached hydrogens (tertiary/aromatic N) is 3. The maximum atomic E-state index is 12.6. The molecule has 4 rings (SSSR count). The first-order chi connectivity index (χ1) is 13.7.